The van der Waals surface area contributed by atoms with Crippen LogP contribution in [0.15, 0.2) is 24.8 Å². The summed E-state index contributed by atoms with van der Waals surface area (Å²) in [6, 6.07) is 1.80. The van der Waals surface area contributed by atoms with Crippen molar-refractivity contribution in [3.63, 3.8) is 0 Å². The second-order valence-electron chi connectivity index (χ2n) is 4.16. The van der Waals surface area contributed by atoms with Crippen LogP contribution in [0.3, 0.4) is 0 Å². The Labute approximate surface area is 129 Å². The molecule has 0 bridgehead atoms. The number of carboxylic acids is 1. The fraction of sp³-hybridized carbons (Fsp3) is 0.167. The van der Waals surface area contributed by atoms with E-state index in [0.717, 1.165) is 0 Å². The zero-order valence-corrected chi connectivity index (χ0v) is 12.3. The van der Waals surface area contributed by atoms with Crippen molar-refractivity contribution in [2.24, 2.45) is 0 Å². The van der Waals surface area contributed by atoms with E-state index in [1.165, 1.54) is 29.5 Å². The maximum absolute atomic E-state index is 12.1. The van der Waals surface area contributed by atoms with Crippen molar-refractivity contribution < 1.29 is 14.7 Å². The van der Waals surface area contributed by atoms with Crippen molar-refractivity contribution in [3.05, 3.63) is 40.4 Å². The number of carbonyl (C=O) groups is 2. The highest BCUT2D eigenvalue weighted by Gasteiger charge is 2.19. The molecule has 2 rings (SSSR count). The standard InChI is InChI=1S/C12H10Cl2N4O3/c1-6(18-5-15-4-16-18)11(19)17-10-8(13)2-7(12(20)21)3-9(10)14/h2-6H,1H3,(H,17,19)(H,20,21). The molecule has 9 heteroatoms. The third kappa shape index (κ3) is 3.32. The first kappa shape index (κ1) is 15.3. The first-order chi connectivity index (χ1) is 9.90. The molecule has 0 radical (unpaired) electrons. The van der Waals surface area contributed by atoms with Gasteiger partial charge in [-0.25, -0.2) is 14.5 Å². The van der Waals surface area contributed by atoms with Crippen LogP contribution in [0.4, 0.5) is 5.69 Å². The van der Waals surface area contributed by atoms with Crippen LogP contribution in [0.2, 0.25) is 10.0 Å². The number of hydrogen-bond donors (Lipinski definition) is 2. The number of aromatic carboxylic acids is 1. The second kappa shape index (κ2) is 6.11. The number of benzene rings is 1. The molecule has 1 atom stereocenters. The van der Waals surface area contributed by atoms with E-state index < -0.39 is 17.9 Å². The molecule has 1 unspecified atom stereocenters. The van der Waals surface area contributed by atoms with E-state index in [1.54, 1.807) is 6.92 Å². The maximum atomic E-state index is 12.1. The zero-order chi connectivity index (χ0) is 15.6. The van der Waals surface area contributed by atoms with E-state index in [2.05, 4.69) is 15.4 Å². The summed E-state index contributed by atoms with van der Waals surface area (Å²) in [5, 5.41) is 15.4. The maximum Gasteiger partial charge on any atom is 0.335 e. The van der Waals surface area contributed by atoms with Crippen LogP contribution in [0, 0.1) is 0 Å². The summed E-state index contributed by atoms with van der Waals surface area (Å²) >= 11 is 11.9. The predicted molar refractivity (Wildman–Crippen MR) is 76.8 cm³/mol. The summed E-state index contributed by atoms with van der Waals surface area (Å²) in [6.45, 7) is 1.62. The number of nitrogens with one attached hydrogen (secondary N) is 1. The first-order valence-electron chi connectivity index (χ1n) is 5.77. The number of nitrogens with zero attached hydrogens (tertiary/aromatic N) is 3. The quantitative estimate of drug-likeness (QED) is 0.898. The minimum Gasteiger partial charge on any atom is -0.478 e. The van der Waals surface area contributed by atoms with Crippen molar-refractivity contribution in [3.8, 4) is 0 Å². The smallest absolute Gasteiger partial charge is 0.335 e. The van der Waals surface area contributed by atoms with Gasteiger partial charge in [-0.05, 0) is 19.1 Å². The lowest BCUT2D eigenvalue weighted by Gasteiger charge is -2.14. The lowest BCUT2D eigenvalue weighted by atomic mass is 10.2. The average Bonchev–Trinajstić information content (AvgIpc) is 2.95. The van der Waals surface area contributed by atoms with Crippen LogP contribution in [-0.2, 0) is 4.79 Å². The normalized spacial score (nSPS) is 12.0. The summed E-state index contributed by atoms with van der Waals surface area (Å²) in [5.41, 5.74) is 0.0904. The van der Waals surface area contributed by atoms with Gasteiger partial charge < -0.3 is 10.4 Å². The topological polar surface area (TPSA) is 97.1 Å². The molecule has 0 aliphatic rings. The van der Waals surface area contributed by atoms with E-state index in [-0.39, 0.29) is 21.3 Å². The SMILES string of the molecule is CC(C(=O)Nc1c(Cl)cc(C(=O)O)cc1Cl)n1cncn1. The fourth-order valence-corrected chi connectivity index (χ4v) is 2.16. The molecule has 0 aliphatic heterocycles. The molecule has 1 aromatic heterocycles. The number of amides is 1. The molecule has 0 saturated carbocycles. The molecule has 7 nitrogen and oxygen atoms in total. The highest BCUT2D eigenvalue weighted by molar-refractivity contribution is 6.40. The summed E-state index contributed by atoms with van der Waals surface area (Å²) < 4.78 is 1.36. The van der Waals surface area contributed by atoms with Gasteiger partial charge in [0.05, 0.1) is 21.3 Å². The van der Waals surface area contributed by atoms with E-state index >= 15 is 0 Å². The van der Waals surface area contributed by atoms with Gasteiger partial charge >= 0.3 is 5.97 Å². The van der Waals surface area contributed by atoms with Crippen LogP contribution < -0.4 is 5.32 Å². The van der Waals surface area contributed by atoms with Crippen molar-refractivity contribution in [2.45, 2.75) is 13.0 Å². The number of anilines is 1. The molecule has 21 heavy (non-hydrogen) atoms. The molecule has 0 aliphatic carbocycles. The third-order valence-corrected chi connectivity index (χ3v) is 3.35. The van der Waals surface area contributed by atoms with Crippen molar-refractivity contribution in [1.29, 1.82) is 0 Å². The van der Waals surface area contributed by atoms with E-state index in [4.69, 9.17) is 28.3 Å². The van der Waals surface area contributed by atoms with Crippen LogP contribution in [0.1, 0.15) is 23.3 Å². The van der Waals surface area contributed by atoms with Gasteiger partial charge in [-0.15, -0.1) is 0 Å². The number of aromatic nitrogens is 3. The van der Waals surface area contributed by atoms with Crippen molar-refractivity contribution in [2.75, 3.05) is 5.32 Å². The Morgan fingerprint density at radius 3 is 2.43 bits per heavy atom. The molecule has 2 N–H and O–H groups in total. The Bertz CT molecular complexity index is 665. The van der Waals surface area contributed by atoms with Gasteiger partial charge in [0.1, 0.15) is 18.7 Å². The predicted octanol–water partition coefficient (Wildman–Crippen LogP) is 2.48. The van der Waals surface area contributed by atoms with E-state index in [0.29, 0.717) is 0 Å². The fourth-order valence-electron chi connectivity index (χ4n) is 1.58. The molecule has 1 heterocycles. The van der Waals surface area contributed by atoms with Gasteiger partial charge in [-0.3, -0.25) is 4.79 Å². The van der Waals surface area contributed by atoms with Gasteiger partial charge in [0, 0.05) is 0 Å². The molecule has 0 fully saturated rings. The Morgan fingerprint density at radius 2 is 1.95 bits per heavy atom. The summed E-state index contributed by atoms with van der Waals surface area (Å²) in [4.78, 5) is 26.7. The van der Waals surface area contributed by atoms with Crippen LogP contribution >= 0.6 is 23.2 Å². The van der Waals surface area contributed by atoms with Gasteiger partial charge in [0.25, 0.3) is 0 Å². The highest BCUT2D eigenvalue weighted by atomic mass is 35.5. The van der Waals surface area contributed by atoms with Crippen LogP contribution in [0.5, 0.6) is 0 Å². The zero-order valence-electron chi connectivity index (χ0n) is 10.7. The minimum absolute atomic E-state index is 0.0408. The Morgan fingerprint density at radius 1 is 1.33 bits per heavy atom. The molecule has 1 amide bonds. The molecular weight excluding hydrogens is 319 g/mol. The van der Waals surface area contributed by atoms with Crippen LogP contribution in [0.25, 0.3) is 0 Å². The summed E-state index contributed by atoms with van der Waals surface area (Å²) in [7, 11) is 0. The Balaban J connectivity index is 2.24. The Kier molecular flexibility index (Phi) is 4.44. The van der Waals surface area contributed by atoms with Gasteiger partial charge in [0.2, 0.25) is 5.91 Å². The van der Waals surface area contributed by atoms with Gasteiger partial charge in [-0.1, -0.05) is 23.2 Å². The minimum atomic E-state index is -1.16. The Hall–Kier alpha value is -2.12. The molecule has 2 aromatic rings. The van der Waals surface area contributed by atoms with Crippen LogP contribution in [-0.4, -0.2) is 31.7 Å². The third-order valence-electron chi connectivity index (χ3n) is 2.75. The monoisotopic (exact) mass is 328 g/mol. The number of rotatable bonds is 4. The molecule has 0 saturated heterocycles. The van der Waals surface area contributed by atoms with Gasteiger partial charge in [-0.2, -0.15) is 5.10 Å². The molecule has 1 aromatic carbocycles. The average molecular weight is 329 g/mol. The van der Waals surface area contributed by atoms with E-state index in [1.807, 2.05) is 0 Å². The van der Waals surface area contributed by atoms with Crippen molar-refractivity contribution in [1.82, 2.24) is 14.8 Å². The van der Waals surface area contributed by atoms with E-state index in [9.17, 15) is 9.59 Å². The van der Waals surface area contributed by atoms with Crippen molar-refractivity contribution >= 4 is 40.8 Å². The molecule has 110 valence electrons. The summed E-state index contributed by atoms with van der Waals surface area (Å²) in [6.07, 6.45) is 2.71. The number of halogens is 2. The van der Waals surface area contributed by atoms with Gasteiger partial charge in [0.15, 0.2) is 0 Å². The lowest BCUT2D eigenvalue weighted by Crippen LogP contribution is -2.24. The molecular formula is C12H10Cl2N4O3. The number of carboxylic acid groups (broad SMARTS) is 1. The summed E-state index contributed by atoms with van der Waals surface area (Å²) in [5.74, 6) is -1.57. The largest absolute Gasteiger partial charge is 0.478 e. The molecule has 0 spiro atoms. The number of hydrogen-bond acceptors (Lipinski definition) is 4. The lowest BCUT2D eigenvalue weighted by molar-refractivity contribution is -0.119. The second-order valence-corrected chi connectivity index (χ2v) is 4.98. The highest BCUT2D eigenvalue weighted by Crippen LogP contribution is 2.32. The first-order valence-corrected chi connectivity index (χ1v) is 6.53. The number of carbonyl (C=O) groups excluding carboxylic acids is 1.